The zero-order valence-electron chi connectivity index (χ0n) is 16.8. The molecule has 0 saturated carbocycles. The van der Waals surface area contributed by atoms with E-state index in [1.54, 1.807) is 7.11 Å². The van der Waals surface area contributed by atoms with Gasteiger partial charge in [0.15, 0.2) is 0 Å². The second-order valence-corrected chi connectivity index (χ2v) is 7.42. The number of likely N-dealkylation sites (tertiary alicyclic amines) is 1. The van der Waals surface area contributed by atoms with Crippen LogP contribution in [0.15, 0.2) is 53.1 Å². The fraction of sp³-hybridized carbons (Fsp3) is 0.348. The third kappa shape index (κ3) is 4.31. The van der Waals surface area contributed by atoms with E-state index in [4.69, 9.17) is 9.26 Å². The van der Waals surface area contributed by atoms with E-state index in [0.717, 1.165) is 41.8 Å². The number of hydrogen-bond acceptors (Lipinski definition) is 5. The third-order valence-electron chi connectivity index (χ3n) is 5.34. The maximum absolute atomic E-state index is 12.9. The Bertz CT molecular complexity index is 998. The molecule has 0 radical (unpaired) electrons. The Morgan fingerprint density at radius 3 is 2.93 bits per heavy atom. The second kappa shape index (κ2) is 8.47. The molecule has 1 atom stereocenters. The molecular weight excluding hydrogens is 366 g/mol. The van der Waals surface area contributed by atoms with Crippen LogP contribution in [0.25, 0.3) is 11.4 Å². The molecule has 0 N–H and O–H groups in total. The first-order chi connectivity index (χ1) is 14.1. The van der Waals surface area contributed by atoms with Crippen LogP contribution in [0.5, 0.6) is 5.75 Å². The number of methoxy groups -OCH3 is 1. The minimum Gasteiger partial charge on any atom is -0.497 e. The summed E-state index contributed by atoms with van der Waals surface area (Å²) in [6.07, 6.45) is 2.91. The van der Waals surface area contributed by atoms with Crippen LogP contribution in [0.1, 0.15) is 42.3 Å². The lowest BCUT2D eigenvalue weighted by Gasteiger charge is -2.22. The average Bonchev–Trinajstić information content (AvgIpc) is 3.41. The zero-order valence-corrected chi connectivity index (χ0v) is 16.8. The lowest BCUT2D eigenvalue weighted by atomic mass is 10.1. The van der Waals surface area contributed by atoms with Crippen LogP contribution in [-0.4, -0.2) is 34.6 Å². The van der Waals surface area contributed by atoms with E-state index in [0.29, 0.717) is 24.6 Å². The van der Waals surface area contributed by atoms with Gasteiger partial charge in [0.25, 0.3) is 0 Å². The summed E-state index contributed by atoms with van der Waals surface area (Å²) in [6, 6.07) is 15.7. The van der Waals surface area contributed by atoms with Gasteiger partial charge in [-0.2, -0.15) is 4.98 Å². The Labute approximate surface area is 170 Å². The maximum atomic E-state index is 12.9. The van der Waals surface area contributed by atoms with Crippen molar-refractivity contribution in [3.05, 3.63) is 65.5 Å². The number of benzene rings is 2. The lowest BCUT2D eigenvalue weighted by Crippen LogP contribution is -2.30. The first kappa shape index (κ1) is 19.2. The fourth-order valence-corrected chi connectivity index (χ4v) is 3.82. The van der Waals surface area contributed by atoms with Gasteiger partial charge in [-0.05, 0) is 49.9 Å². The van der Waals surface area contributed by atoms with E-state index in [1.807, 2.05) is 60.4 Å². The number of carbonyl (C=O) groups is 1. The van der Waals surface area contributed by atoms with Gasteiger partial charge in [-0.15, -0.1) is 0 Å². The van der Waals surface area contributed by atoms with Crippen molar-refractivity contribution in [2.45, 2.75) is 38.6 Å². The number of rotatable bonds is 6. The number of hydrogen-bond donors (Lipinski definition) is 0. The van der Waals surface area contributed by atoms with Gasteiger partial charge in [0.1, 0.15) is 11.8 Å². The molecule has 2 aromatic carbocycles. The van der Waals surface area contributed by atoms with Crippen LogP contribution >= 0.6 is 0 Å². The molecule has 2 heterocycles. The van der Waals surface area contributed by atoms with Gasteiger partial charge in [-0.3, -0.25) is 4.79 Å². The standard InChI is InChI=1S/C23H25N3O3/c1-16-6-3-8-18(14-16)22-24-23(29-25-22)20-10-5-13-26(20)21(27)12-11-17-7-4-9-19(15-17)28-2/h3-4,6-9,14-15,20H,5,10-13H2,1-2H3/t20-/m1/s1. The van der Waals surface area contributed by atoms with Crippen LogP contribution in [-0.2, 0) is 11.2 Å². The number of nitrogens with zero attached hydrogens (tertiary/aromatic N) is 3. The third-order valence-corrected chi connectivity index (χ3v) is 5.34. The molecule has 1 aliphatic rings. The highest BCUT2D eigenvalue weighted by Gasteiger charge is 2.33. The van der Waals surface area contributed by atoms with Crippen molar-refractivity contribution in [2.24, 2.45) is 0 Å². The van der Waals surface area contributed by atoms with Crippen LogP contribution in [0.2, 0.25) is 0 Å². The second-order valence-electron chi connectivity index (χ2n) is 7.42. The summed E-state index contributed by atoms with van der Waals surface area (Å²) < 4.78 is 10.8. The van der Waals surface area contributed by atoms with Crippen molar-refractivity contribution < 1.29 is 14.1 Å². The molecular formula is C23H25N3O3. The molecule has 150 valence electrons. The Kier molecular flexibility index (Phi) is 5.60. The van der Waals surface area contributed by atoms with Gasteiger partial charge in [0, 0.05) is 18.5 Å². The highest BCUT2D eigenvalue weighted by atomic mass is 16.5. The number of aromatic nitrogens is 2. The van der Waals surface area contributed by atoms with Crippen molar-refractivity contribution in [3.8, 4) is 17.1 Å². The summed E-state index contributed by atoms with van der Waals surface area (Å²) in [5.74, 6) is 2.02. The minimum atomic E-state index is -0.140. The number of carbonyl (C=O) groups excluding carboxylic acids is 1. The molecule has 29 heavy (non-hydrogen) atoms. The van der Waals surface area contributed by atoms with Crippen LogP contribution in [0.3, 0.4) is 0 Å². The van der Waals surface area contributed by atoms with Gasteiger partial charge in [0.05, 0.1) is 7.11 Å². The molecule has 1 amide bonds. The number of aryl methyl sites for hydroxylation is 2. The largest absolute Gasteiger partial charge is 0.497 e. The summed E-state index contributed by atoms with van der Waals surface area (Å²) in [4.78, 5) is 19.4. The quantitative estimate of drug-likeness (QED) is 0.625. The van der Waals surface area contributed by atoms with E-state index in [1.165, 1.54) is 0 Å². The van der Waals surface area contributed by atoms with E-state index in [9.17, 15) is 4.79 Å². The van der Waals surface area contributed by atoms with E-state index < -0.39 is 0 Å². The SMILES string of the molecule is COc1cccc(CCC(=O)N2CCC[C@@H]2c2nc(-c3cccc(C)c3)no2)c1. The zero-order chi connectivity index (χ0) is 20.2. The molecule has 1 saturated heterocycles. The maximum Gasteiger partial charge on any atom is 0.249 e. The average molecular weight is 391 g/mol. The summed E-state index contributed by atoms with van der Waals surface area (Å²) in [5, 5.41) is 4.14. The highest BCUT2D eigenvalue weighted by molar-refractivity contribution is 5.77. The molecule has 4 rings (SSSR count). The summed E-state index contributed by atoms with van der Waals surface area (Å²) >= 11 is 0. The summed E-state index contributed by atoms with van der Waals surface area (Å²) in [7, 11) is 1.65. The van der Waals surface area contributed by atoms with Crippen LogP contribution in [0.4, 0.5) is 0 Å². The molecule has 0 spiro atoms. The Morgan fingerprint density at radius 2 is 2.10 bits per heavy atom. The van der Waals surface area contributed by atoms with Crippen molar-refractivity contribution in [2.75, 3.05) is 13.7 Å². The molecule has 6 heteroatoms. The Hall–Kier alpha value is -3.15. The van der Waals surface area contributed by atoms with Gasteiger partial charge >= 0.3 is 0 Å². The molecule has 1 aliphatic heterocycles. The molecule has 6 nitrogen and oxygen atoms in total. The molecule has 3 aromatic rings. The van der Waals surface area contributed by atoms with Gasteiger partial charge in [-0.25, -0.2) is 0 Å². The molecule has 1 aromatic heterocycles. The number of amides is 1. The lowest BCUT2D eigenvalue weighted by molar-refractivity contribution is -0.132. The van der Waals surface area contributed by atoms with E-state index in [-0.39, 0.29) is 11.9 Å². The van der Waals surface area contributed by atoms with Gasteiger partial charge < -0.3 is 14.2 Å². The first-order valence-electron chi connectivity index (χ1n) is 9.97. The molecule has 0 aliphatic carbocycles. The smallest absolute Gasteiger partial charge is 0.249 e. The van der Waals surface area contributed by atoms with Crippen molar-refractivity contribution in [1.29, 1.82) is 0 Å². The first-order valence-corrected chi connectivity index (χ1v) is 9.97. The minimum absolute atomic E-state index is 0.116. The normalized spacial score (nSPS) is 16.2. The molecule has 0 bridgehead atoms. The predicted octanol–water partition coefficient (Wildman–Crippen LogP) is 4.35. The van der Waals surface area contributed by atoms with Gasteiger partial charge in [-0.1, -0.05) is 41.1 Å². The monoisotopic (exact) mass is 391 g/mol. The predicted molar refractivity (Wildman–Crippen MR) is 109 cm³/mol. The Balaban J connectivity index is 1.44. The van der Waals surface area contributed by atoms with Crippen LogP contribution < -0.4 is 4.74 Å². The van der Waals surface area contributed by atoms with Crippen molar-refractivity contribution in [1.82, 2.24) is 15.0 Å². The van der Waals surface area contributed by atoms with E-state index >= 15 is 0 Å². The number of ether oxygens (including phenoxy) is 1. The van der Waals surface area contributed by atoms with Crippen LogP contribution in [0, 0.1) is 6.92 Å². The summed E-state index contributed by atoms with van der Waals surface area (Å²) in [6.45, 7) is 2.76. The van der Waals surface area contributed by atoms with Crippen molar-refractivity contribution in [3.63, 3.8) is 0 Å². The summed E-state index contributed by atoms with van der Waals surface area (Å²) in [5.41, 5.74) is 3.16. The fourth-order valence-electron chi connectivity index (χ4n) is 3.82. The molecule has 0 unspecified atom stereocenters. The molecule has 1 fully saturated rings. The Morgan fingerprint density at radius 1 is 1.24 bits per heavy atom. The van der Waals surface area contributed by atoms with E-state index in [2.05, 4.69) is 10.1 Å². The topological polar surface area (TPSA) is 68.5 Å². The van der Waals surface area contributed by atoms with Crippen molar-refractivity contribution >= 4 is 5.91 Å². The highest BCUT2D eigenvalue weighted by Crippen LogP contribution is 2.32. The van der Waals surface area contributed by atoms with Gasteiger partial charge in [0.2, 0.25) is 17.6 Å².